The predicted molar refractivity (Wildman–Crippen MR) is 44.7 cm³/mol. The van der Waals surface area contributed by atoms with Gasteiger partial charge in [0.1, 0.15) is 12.6 Å². The van der Waals surface area contributed by atoms with E-state index in [1.807, 2.05) is 0 Å². The first-order chi connectivity index (χ1) is 5.02. The Hall–Kier alpha value is -0.0800. The highest BCUT2D eigenvalue weighted by molar-refractivity contribution is 4.74. The highest BCUT2D eigenvalue weighted by Crippen LogP contribution is 2.22. The summed E-state index contributed by atoms with van der Waals surface area (Å²) in [5.41, 5.74) is 0.254. The van der Waals surface area contributed by atoms with Crippen molar-refractivity contribution in [3.8, 4) is 0 Å². The van der Waals surface area contributed by atoms with E-state index in [1.54, 1.807) is 0 Å². The van der Waals surface area contributed by atoms with Crippen LogP contribution in [0.3, 0.4) is 0 Å². The van der Waals surface area contributed by atoms with Gasteiger partial charge in [0.05, 0.1) is 0 Å². The van der Waals surface area contributed by atoms with Gasteiger partial charge in [0.25, 0.3) is 0 Å². The molecule has 1 rings (SSSR count). The van der Waals surface area contributed by atoms with E-state index >= 15 is 0 Å². The lowest BCUT2D eigenvalue weighted by molar-refractivity contribution is -1.11. The average Bonchev–Trinajstić information content (AvgIpc) is 1.86. The molecule has 0 bridgehead atoms. The summed E-state index contributed by atoms with van der Waals surface area (Å²) in [4.78, 5) is 0. The molecule has 1 heterocycles. The Morgan fingerprint density at radius 3 is 2.27 bits per heavy atom. The largest absolute Gasteiger partial charge is 0.219 e. The number of nitrogens with one attached hydrogen (secondary N) is 1. The maximum atomic E-state index is 9.62. The Labute approximate surface area is 69.2 Å². The third-order valence-corrected chi connectivity index (χ3v) is 2.62. The van der Waals surface area contributed by atoms with Crippen molar-refractivity contribution < 1.29 is 10.3 Å². The minimum absolute atomic E-state index is 0.254. The van der Waals surface area contributed by atoms with Gasteiger partial charge in [-0.05, 0) is 12.8 Å². The van der Waals surface area contributed by atoms with Crippen LogP contribution in [-0.4, -0.2) is 17.8 Å². The predicted octanol–water partition coefficient (Wildman–Crippen LogP) is 0.859. The lowest BCUT2D eigenvalue weighted by Crippen LogP contribution is -3.15. The Morgan fingerprint density at radius 1 is 1.27 bits per heavy atom. The molecule has 0 radical (unpaired) electrons. The highest BCUT2D eigenvalue weighted by atomic mass is 16.5. The first-order valence-electron chi connectivity index (χ1n) is 4.56. The number of quaternary nitrogens is 1. The molecule has 1 aliphatic rings. The van der Waals surface area contributed by atoms with Crippen LogP contribution in [0.1, 0.15) is 40.0 Å². The summed E-state index contributed by atoms with van der Waals surface area (Å²) in [6.07, 6.45) is 3.64. The molecule has 2 N–H and O–H groups in total. The molecule has 1 aliphatic heterocycles. The van der Waals surface area contributed by atoms with Gasteiger partial charge < -0.3 is 0 Å². The number of piperidine rings is 1. The van der Waals surface area contributed by atoms with Crippen molar-refractivity contribution in [1.29, 1.82) is 0 Å². The third-order valence-electron chi connectivity index (χ3n) is 2.62. The van der Waals surface area contributed by atoms with Gasteiger partial charge in [-0.1, -0.05) is 20.8 Å². The van der Waals surface area contributed by atoms with Gasteiger partial charge in [-0.15, -0.1) is 0 Å². The third kappa shape index (κ3) is 2.17. The second-order valence-electron chi connectivity index (χ2n) is 4.66. The lowest BCUT2D eigenvalue weighted by Gasteiger charge is -2.35. The van der Waals surface area contributed by atoms with E-state index in [0.29, 0.717) is 6.04 Å². The molecule has 2 atom stereocenters. The zero-order valence-corrected chi connectivity index (χ0v) is 7.85. The molecule has 0 amide bonds. The molecule has 1 saturated heterocycles. The van der Waals surface area contributed by atoms with Crippen LogP contribution in [-0.2, 0) is 0 Å². The van der Waals surface area contributed by atoms with Gasteiger partial charge in [-0.25, -0.2) is 5.21 Å². The van der Waals surface area contributed by atoms with Gasteiger partial charge in [0, 0.05) is 11.8 Å². The molecular formula is C9H20NO+. The maximum absolute atomic E-state index is 9.62. The van der Waals surface area contributed by atoms with E-state index in [0.717, 1.165) is 11.6 Å². The molecule has 2 heteroatoms. The Balaban J connectivity index is 2.55. The Bertz CT molecular complexity index is 128. The molecule has 0 spiro atoms. The standard InChI is InChI=1S/C9H19NO/c1-9(2,3)8-6-4-5-7-10(8)11/h8,11H,4-7H2,1-3H3/p+1. The van der Waals surface area contributed by atoms with Crippen LogP contribution in [0.5, 0.6) is 0 Å². The van der Waals surface area contributed by atoms with Crippen molar-refractivity contribution in [3.63, 3.8) is 0 Å². The number of hydrogen-bond acceptors (Lipinski definition) is 1. The van der Waals surface area contributed by atoms with Gasteiger partial charge in [0.15, 0.2) is 0 Å². The molecular weight excluding hydrogens is 138 g/mol. The van der Waals surface area contributed by atoms with Crippen molar-refractivity contribution in [1.82, 2.24) is 0 Å². The normalized spacial score (nSPS) is 33.8. The van der Waals surface area contributed by atoms with Crippen molar-refractivity contribution in [2.24, 2.45) is 5.41 Å². The summed E-state index contributed by atoms with van der Waals surface area (Å²) in [5, 5.41) is 10.4. The first kappa shape index (κ1) is 9.01. The second-order valence-corrected chi connectivity index (χ2v) is 4.66. The monoisotopic (exact) mass is 158 g/mol. The highest BCUT2D eigenvalue weighted by Gasteiger charge is 2.35. The molecule has 11 heavy (non-hydrogen) atoms. The minimum Gasteiger partial charge on any atom is -0.219 e. The van der Waals surface area contributed by atoms with Gasteiger partial charge >= 0.3 is 0 Å². The van der Waals surface area contributed by atoms with E-state index < -0.39 is 0 Å². The molecule has 1 fully saturated rings. The van der Waals surface area contributed by atoms with Crippen LogP contribution < -0.4 is 5.06 Å². The van der Waals surface area contributed by atoms with Crippen molar-refractivity contribution >= 4 is 0 Å². The quantitative estimate of drug-likeness (QED) is 0.537. The number of rotatable bonds is 0. The summed E-state index contributed by atoms with van der Waals surface area (Å²) >= 11 is 0. The van der Waals surface area contributed by atoms with E-state index in [9.17, 15) is 5.21 Å². The summed E-state index contributed by atoms with van der Waals surface area (Å²) < 4.78 is 0. The number of hydrogen-bond donors (Lipinski definition) is 2. The summed E-state index contributed by atoms with van der Waals surface area (Å²) in [5.74, 6) is 0. The van der Waals surface area contributed by atoms with Crippen LogP contribution >= 0.6 is 0 Å². The van der Waals surface area contributed by atoms with Crippen LogP contribution in [0.4, 0.5) is 0 Å². The fourth-order valence-corrected chi connectivity index (χ4v) is 1.93. The summed E-state index contributed by atoms with van der Waals surface area (Å²) in [6, 6.07) is 0.441. The minimum atomic E-state index is 0.254. The zero-order valence-electron chi connectivity index (χ0n) is 7.85. The lowest BCUT2D eigenvalue weighted by atomic mass is 9.82. The molecule has 2 nitrogen and oxygen atoms in total. The van der Waals surface area contributed by atoms with Crippen LogP contribution in [0.15, 0.2) is 0 Å². The Morgan fingerprint density at radius 2 is 1.91 bits per heavy atom. The average molecular weight is 158 g/mol. The van der Waals surface area contributed by atoms with Gasteiger partial charge in [-0.2, -0.15) is 5.06 Å². The zero-order chi connectivity index (χ0) is 8.48. The maximum Gasteiger partial charge on any atom is 0.122 e. The molecule has 0 aromatic carbocycles. The van der Waals surface area contributed by atoms with Crippen LogP contribution in [0.2, 0.25) is 0 Å². The van der Waals surface area contributed by atoms with E-state index in [-0.39, 0.29) is 5.41 Å². The fourth-order valence-electron chi connectivity index (χ4n) is 1.93. The Kier molecular flexibility index (Phi) is 2.55. The molecule has 66 valence electrons. The van der Waals surface area contributed by atoms with Crippen LogP contribution in [0.25, 0.3) is 0 Å². The summed E-state index contributed by atoms with van der Waals surface area (Å²) in [6.45, 7) is 7.56. The number of hydroxylamine groups is 2. The fraction of sp³-hybridized carbons (Fsp3) is 1.00. The van der Waals surface area contributed by atoms with Crippen molar-refractivity contribution in [2.45, 2.75) is 46.1 Å². The van der Waals surface area contributed by atoms with E-state index in [2.05, 4.69) is 20.8 Å². The van der Waals surface area contributed by atoms with E-state index in [1.165, 1.54) is 19.3 Å². The summed E-state index contributed by atoms with van der Waals surface area (Å²) in [7, 11) is 0. The van der Waals surface area contributed by atoms with Gasteiger partial charge in [0.2, 0.25) is 0 Å². The smallest absolute Gasteiger partial charge is 0.122 e. The molecule has 0 aliphatic carbocycles. The van der Waals surface area contributed by atoms with Crippen molar-refractivity contribution in [3.05, 3.63) is 0 Å². The molecule has 0 aromatic rings. The first-order valence-corrected chi connectivity index (χ1v) is 4.56. The van der Waals surface area contributed by atoms with E-state index in [4.69, 9.17) is 0 Å². The molecule has 0 saturated carbocycles. The molecule has 2 unspecified atom stereocenters. The molecule has 0 aromatic heterocycles. The van der Waals surface area contributed by atoms with Crippen molar-refractivity contribution in [2.75, 3.05) is 6.54 Å². The topological polar surface area (TPSA) is 24.7 Å². The van der Waals surface area contributed by atoms with Gasteiger partial charge in [-0.3, -0.25) is 0 Å². The second kappa shape index (κ2) is 3.11. The SMILES string of the molecule is CC(C)(C)C1CCCC[NH+]1O. The van der Waals surface area contributed by atoms with Crippen LogP contribution in [0, 0.1) is 5.41 Å².